The Labute approximate surface area is 111 Å². The summed E-state index contributed by atoms with van der Waals surface area (Å²) in [5, 5.41) is 14.0. The molecule has 0 radical (unpaired) electrons. The van der Waals surface area contributed by atoms with Gasteiger partial charge in [-0.15, -0.1) is 0 Å². The highest BCUT2D eigenvalue weighted by Gasteiger charge is 2.09. The molecule has 0 aromatic heterocycles. The van der Waals surface area contributed by atoms with Crippen LogP contribution in [0.4, 0.5) is 10.5 Å². The molecule has 0 fully saturated rings. The molecule has 0 atom stereocenters. The first-order valence-corrected chi connectivity index (χ1v) is 5.69. The molecule has 19 heavy (non-hydrogen) atoms. The number of carbonyl (C=O) groups excluding carboxylic acids is 1. The summed E-state index contributed by atoms with van der Waals surface area (Å²) in [7, 11) is 3.18. The third-order valence-corrected chi connectivity index (χ3v) is 2.50. The monoisotopic (exact) mass is 266 g/mol. The fourth-order valence-electron chi connectivity index (χ4n) is 1.35. The fraction of sp³-hybridized carbons (Fsp3) is 0.333. The molecule has 0 heterocycles. The number of hydrogen-bond donors (Lipinski definition) is 3. The first-order chi connectivity index (χ1) is 9.06. The minimum atomic E-state index is -0.279. The lowest BCUT2D eigenvalue weighted by atomic mass is 10.3. The average molecular weight is 266 g/mol. The van der Waals surface area contributed by atoms with E-state index in [1.54, 1.807) is 38.4 Å². The zero-order valence-electron chi connectivity index (χ0n) is 11.0. The van der Waals surface area contributed by atoms with Crippen molar-refractivity contribution in [2.45, 2.75) is 6.42 Å². The number of methoxy groups -OCH3 is 1. The molecule has 0 aliphatic rings. The highest BCUT2D eigenvalue weighted by Crippen LogP contribution is 2.16. The number of carbonyl (C=O) groups is 1. The van der Waals surface area contributed by atoms with Crippen LogP contribution in [-0.4, -0.2) is 42.7 Å². The van der Waals surface area contributed by atoms with Crippen LogP contribution in [0.15, 0.2) is 29.4 Å². The number of rotatable bonds is 5. The quantitative estimate of drug-likeness (QED) is 0.323. The molecule has 1 aromatic rings. The van der Waals surface area contributed by atoms with Gasteiger partial charge in [-0.3, -0.25) is 0 Å². The van der Waals surface area contributed by atoms with Crippen molar-refractivity contribution in [2.75, 3.05) is 26.0 Å². The van der Waals surface area contributed by atoms with Crippen LogP contribution in [0.2, 0.25) is 0 Å². The van der Waals surface area contributed by atoms with Gasteiger partial charge in [-0.2, -0.15) is 0 Å². The zero-order chi connectivity index (χ0) is 14.3. The molecule has 0 aliphatic carbocycles. The van der Waals surface area contributed by atoms with Crippen LogP contribution in [0.5, 0.6) is 5.75 Å². The number of benzene rings is 1. The molecular formula is C12H18N4O3. The van der Waals surface area contributed by atoms with Crippen LogP contribution in [0.1, 0.15) is 6.42 Å². The maximum atomic E-state index is 11.8. The molecule has 0 bridgehead atoms. The Morgan fingerprint density at radius 1 is 1.58 bits per heavy atom. The Morgan fingerprint density at radius 2 is 2.32 bits per heavy atom. The number of oxime groups is 1. The molecule has 2 amide bonds. The maximum Gasteiger partial charge on any atom is 0.321 e. The Hall–Kier alpha value is -2.44. The minimum Gasteiger partial charge on any atom is -0.497 e. The first-order valence-electron chi connectivity index (χ1n) is 5.69. The SMILES string of the molecule is COc1cccc(NC(=O)N(C)CC/C(N)=N/O)c1. The first kappa shape index (κ1) is 14.6. The lowest BCUT2D eigenvalue weighted by Gasteiger charge is -2.17. The van der Waals surface area contributed by atoms with Crippen LogP contribution in [0, 0.1) is 0 Å². The Bertz CT molecular complexity index is 462. The number of ether oxygens (including phenoxy) is 1. The second kappa shape index (κ2) is 7.10. The molecule has 1 aromatic carbocycles. The van der Waals surface area contributed by atoms with E-state index >= 15 is 0 Å². The summed E-state index contributed by atoms with van der Waals surface area (Å²) < 4.78 is 5.07. The summed E-state index contributed by atoms with van der Waals surface area (Å²) >= 11 is 0. The van der Waals surface area contributed by atoms with Crippen molar-refractivity contribution in [3.05, 3.63) is 24.3 Å². The van der Waals surface area contributed by atoms with Gasteiger partial charge in [-0.25, -0.2) is 4.79 Å². The van der Waals surface area contributed by atoms with Crippen LogP contribution in [-0.2, 0) is 0 Å². The van der Waals surface area contributed by atoms with Crippen molar-refractivity contribution in [3.8, 4) is 5.75 Å². The van der Waals surface area contributed by atoms with Crippen LogP contribution in [0.25, 0.3) is 0 Å². The fourth-order valence-corrected chi connectivity index (χ4v) is 1.35. The van der Waals surface area contributed by atoms with Gasteiger partial charge in [0.1, 0.15) is 11.6 Å². The Balaban J connectivity index is 2.53. The molecule has 0 aliphatic heterocycles. The molecule has 104 valence electrons. The number of urea groups is 1. The lowest BCUT2D eigenvalue weighted by molar-refractivity contribution is 0.223. The van der Waals surface area contributed by atoms with E-state index in [1.807, 2.05) is 0 Å². The van der Waals surface area contributed by atoms with Crippen LogP contribution >= 0.6 is 0 Å². The van der Waals surface area contributed by atoms with Crippen molar-refractivity contribution in [1.29, 1.82) is 0 Å². The standard InChI is InChI=1S/C12H18N4O3/c1-16(7-6-11(13)15-18)12(17)14-9-4-3-5-10(8-9)19-2/h3-5,8,18H,6-7H2,1-2H3,(H2,13,15)(H,14,17). The average Bonchev–Trinajstić information content (AvgIpc) is 2.44. The molecule has 0 saturated carbocycles. The molecule has 0 spiro atoms. The summed E-state index contributed by atoms with van der Waals surface area (Å²) in [5.74, 6) is 0.748. The van der Waals surface area contributed by atoms with Gasteiger partial charge in [0.2, 0.25) is 0 Å². The van der Waals surface area contributed by atoms with E-state index in [0.29, 0.717) is 24.4 Å². The van der Waals surface area contributed by atoms with E-state index in [9.17, 15) is 4.79 Å². The molecule has 4 N–H and O–H groups in total. The largest absolute Gasteiger partial charge is 0.497 e. The van der Waals surface area contributed by atoms with E-state index in [1.165, 1.54) is 4.90 Å². The van der Waals surface area contributed by atoms with Crippen LogP contribution in [0.3, 0.4) is 0 Å². The zero-order valence-corrected chi connectivity index (χ0v) is 11.0. The topological polar surface area (TPSA) is 100 Å². The Kier molecular flexibility index (Phi) is 5.46. The third kappa shape index (κ3) is 4.74. The molecule has 7 heteroatoms. The van der Waals surface area contributed by atoms with Gasteiger partial charge >= 0.3 is 6.03 Å². The van der Waals surface area contributed by atoms with E-state index in [-0.39, 0.29) is 11.9 Å². The van der Waals surface area contributed by atoms with Crippen molar-refractivity contribution in [1.82, 2.24) is 4.90 Å². The normalized spacial score (nSPS) is 10.9. The van der Waals surface area contributed by atoms with Gasteiger partial charge in [0.25, 0.3) is 0 Å². The van der Waals surface area contributed by atoms with Gasteiger partial charge in [-0.05, 0) is 12.1 Å². The van der Waals surface area contributed by atoms with Crippen LogP contribution < -0.4 is 15.8 Å². The summed E-state index contributed by atoms with van der Waals surface area (Å²) in [4.78, 5) is 13.3. The van der Waals surface area contributed by atoms with E-state index < -0.39 is 0 Å². The van der Waals surface area contributed by atoms with Gasteiger partial charge in [0, 0.05) is 31.8 Å². The summed E-state index contributed by atoms with van der Waals surface area (Å²) in [6.07, 6.45) is 0.304. The predicted octanol–water partition coefficient (Wildman–Crippen LogP) is 1.30. The van der Waals surface area contributed by atoms with E-state index in [2.05, 4.69) is 10.5 Å². The van der Waals surface area contributed by atoms with Crippen molar-refractivity contribution in [3.63, 3.8) is 0 Å². The third-order valence-electron chi connectivity index (χ3n) is 2.50. The second-order valence-corrected chi connectivity index (χ2v) is 3.93. The molecule has 1 rings (SSSR count). The van der Waals surface area contributed by atoms with Crippen molar-refractivity contribution in [2.24, 2.45) is 10.9 Å². The summed E-state index contributed by atoms with van der Waals surface area (Å²) in [6.45, 7) is 0.353. The molecule has 7 nitrogen and oxygen atoms in total. The number of hydrogen-bond acceptors (Lipinski definition) is 4. The maximum absolute atomic E-state index is 11.8. The number of nitrogens with one attached hydrogen (secondary N) is 1. The highest BCUT2D eigenvalue weighted by atomic mass is 16.5. The van der Waals surface area contributed by atoms with E-state index in [0.717, 1.165) is 0 Å². The summed E-state index contributed by atoms with van der Waals surface area (Å²) in [6, 6.07) is 6.77. The predicted molar refractivity (Wildman–Crippen MR) is 72.7 cm³/mol. The van der Waals surface area contributed by atoms with Crippen molar-refractivity contribution >= 4 is 17.6 Å². The van der Waals surface area contributed by atoms with Crippen molar-refractivity contribution < 1.29 is 14.7 Å². The smallest absolute Gasteiger partial charge is 0.321 e. The lowest BCUT2D eigenvalue weighted by Crippen LogP contribution is -2.34. The number of nitrogens with zero attached hydrogens (tertiary/aromatic N) is 2. The van der Waals surface area contributed by atoms with Gasteiger partial charge in [0.05, 0.1) is 7.11 Å². The van der Waals surface area contributed by atoms with E-state index in [4.69, 9.17) is 15.7 Å². The Morgan fingerprint density at radius 3 is 2.95 bits per heavy atom. The molecule has 0 unspecified atom stereocenters. The minimum absolute atomic E-state index is 0.0843. The number of amides is 2. The number of nitrogens with two attached hydrogens (primary N) is 1. The molecular weight excluding hydrogens is 248 g/mol. The van der Waals surface area contributed by atoms with Gasteiger partial charge in [-0.1, -0.05) is 11.2 Å². The number of amidine groups is 1. The number of anilines is 1. The van der Waals surface area contributed by atoms with Gasteiger partial charge < -0.3 is 25.9 Å². The van der Waals surface area contributed by atoms with Gasteiger partial charge in [0.15, 0.2) is 0 Å². The summed E-state index contributed by atoms with van der Waals surface area (Å²) in [5.41, 5.74) is 5.98. The molecule has 0 saturated heterocycles. The highest BCUT2D eigenvalue weighted by molar-refractivity contribution is 5.89. The second-order valence-electron chi connectivity index (χ2n) is 3.93.